The minimum atomic E-state index is -1.81. The zero-order chi connectivity index (χ0) is 39.6. The van der Waals surface area contributed by atoms with Gasteiger partial charge in [-0.15, -0.1) is 45.3 Å². The quantitative estimate of drug-likeness (QED) is 0.146. The Hall–Kier alpha value is -0.499. The molecule has 0 fully saturated rings. The van der Waals surface area contributed by atoms with E-state index in [1.165, 1.54) is 10.8 Å². The van der Waals surface area contributed by atoms with Crippen LogP contribution in [0.3, 0.4) is 0 Å². The van der Waals surface area contributed by atoms with Crippen LogP contribution in [0.15, 0.2) is 22.9 Å². The molecule has 12 heteroatoms. The molecule has 286 valence electrons. The van der Waals surface area contributed by atoms with Gasteiger partial charge in [-0.05, 0) is 49.9 Å². The molecule has 2 aliphatic carbocycles. The van der Waals surface area contributed by atoms with Gasteiger partial charge in [0.1, 0.15) is 0 Å². The summed E-state index contributed by atoms with van der Waals surface area (Å²) in [7, 11) is -10.3. The lowest BCUT2D eigenvalue weighted by molar-refractivity contribution is 1.79. The molecule has 2 aliphatic rings. The first-order valence-electron chi connectivity index (χ1n) is 19.5. The highest BCUT2D eigenvalue weighted by Crippen LogP contribution is 2.53. The van der Waals surface area contributed by atoms with Gasteiger partial charge >= 0.3 is 0 Å². The zero-order valence-corrected chi connectivity index (χ0v) is 46.7. The molecule has 0 nitrogen and oxygen atoms in total. The van der Waals surface area contributed by atoms with E-state index in [9.17, 15) is 0 Å². The highest BCUT2D eigenvalue weighted by molar-refractivity contribution is 7.41. The SMILES string of the molecule is C[Si](C)(C)c1cc2c3cc([Si](C)(C)C)sc3c3sc([Si](C)(C)C)c4c3-c3c(sc([Si](C)(C)C)c3c3c([Si](C)(C)C)scc3c3csc([Si](C)(C)C)c43)c2s1. The first-order chi connectivity index (χ1) is 24.6. The smallest absolute Gasteiger partial charge is 0.0912 e. The molecule has 54 heavy (non-hydrogen) atoms. The van der Waals surface area contributed by atoms with Crippen LogP contribution >= 0.6 is 68.0 Å². The van der Waals surface area contributed by atoms with Crippen LogP contribution in [0, 0.1) is 0 Å². The monoisotopic (exact) mass is 922 g/mol. The third kappa shape index (κ3) is 6.20. The molecular formula is C42H58S6Si6. The van der Waals surface area contributed by atoms with Gasteiger partial charge in [-0.3, -0.25) is 0 Å². The van der Waals surface area contributed by atoms with Crippen LogP contribution < -0.4 is 27.0 Å². The summed E-state index contributed by atoms with van der Waals surface area (Å²) < 4.78 is 16.4. The summed E-state index contributed by atoms with van der Waals surface area (Å²) in [6, 6.07) is 5.38. The van der Waals surface area contributed by atoms with Crippen molar-refractivity contribution in [2.24, 2.45) is 0 Å². The van der Waals surface area contributed by atoms with Crippen LogP contribution in [0.25, 0.3) is 73.0 Å². The Morgan fingerprint density at radius 1 is 0.315 bits per heavy atom. The average molecular weight is 924 g/mol. The van der Waals surface area contributed by atoms with E-state index in [-0.39, 0.29) is 0 Å². The van der Waals surface area contributed by atoms with Gasteiger partial charge in [0.05, 0.1) is 67.2 Å². The van der Waals surface area contributed by atoms with E-state index in [0.29, 0.717) is 0 Å². The Labute approximate surface area is 353 Å². The maximum atomic E-state index is 2.69. The molecule has 6 aromatic rings. The summed E-state index contributed by atoms with van der Waals surface area (Å²) in [6.45, 7) is 46.7. The van der Waals surface area contributed by atoms with Gasteiger partial charge in [-0.1, -0.05) is 118 Å². The van der Waals surface area contributed by atoms with Gasteiger partial charge in [-0.25, -0.2) is 0 Å². The molecule has 0 saturated heterocycles. The van der Waals surface area contributed by atoms with E-state index in [4.69, 9.17) is 0 Å². The fraction of sp³-hybridized carbons (Fsp3) is 0.429. The van der Waals surface area contributed by atoms with Gasteiger partial charge in [0.15, 0.2) is 0 Å². The molecule has 6 aromatic heterocycles. The maximum Gasteiger partial charge on any atom is 0.0912 e. The van der Waals surface area contributed by atoms with E-state index < -0.39 is 48.4 Å². The second-order valence-electron chi connectivity index (χ2n) is 21.9. The van der Waals surface area contributed by atoms with Gasteiger partial charge in [-0.2, -0.15) is 22.7 Å². The van der Waals surface area contributed by atoms with Gasteiger partial charge in [0.25, 0.3) is 0 Å². The summed E-state index contributed by atoms with van der Waals surface area (Å²) >= 11 is 13.0. The lowest BCUT2D eigenvalue weighted by Gasteiger charge is -2.21. The highest BCUT2D eigenvalue weighted by Gasteiger charge is 2.38. The molecule has 0 spiro atoms. The van der Waals surface area contributed by atoms with E-state index in [1.807, 2.05) is 0 Å². The third-order valence-corrected chi connectivity index (χ3v) is 39.3. The van der Waals surface area contributed by atoms with Crippen molar-refractivity contribution in [1.82, 2.24) is 0 Å². The van der Waals surface area contributed by atoms with Crippen LogP contribution in [0.2, 0.25) is 118 Å². The van der Waals surface area contributed by atoms with Crippen molar-refractivity contribution in [1.29, 1.82) is 0 Å². The van der Waals surface area contributed by atoms with Crippen LogP contribution in [0.1, 0.15) is 0 Å². The number of hydrogen-bond acceptors (Lipinski definition) is 6. The Balaban J connectivity index is 1.89. The fourth-order valence-corrected chi connectivity index (χ4v) is 28.5. The van der Waals surface area contributed by atoms with Gasteiger partial charge in [0, 0.05) is 54.2 Å². The molecule has 0 bridgehead atoms. The van der Waals surface area contributed by atoms with Crippen molar-refractivity contribution < 1.29 is 0 Å². The van der Waals surface area contributed by atoms with Gasteiger partial charge < -0.3 is 0 Å². The molecule has 6 heterocycles. The van der Waals surface area contributed by atoms with Crippen molar-refractivity contribution >= 4 is 205 Å². The number of hydrogen-bond donors (Lipinski definition) is 0. The normalized spacial score (nSPS) is 14.5. The van der Waals surface area contributed by atoms with Crippen molar-refractivity contribution in [3.63, 3.8) is 0 Å². The minimum absolute atomic E-state index is 1.53. The summed E-state index contributed by atoms with van der Waals surface area (Å²) in [5.41, 5.74) is 3.25. The second kappa shape index (κ2) is 12.5. The van der Waals surface area contributed by atoms with Crippen molar-refractivity contribution in [2.45, 2.75) is 118 Å². The van der Waals surface area contributed by atoms with Gasteiger partial charge in [0.2, 0.25) is 0 Å². The molecule has 0 radical (unpaired) electrons. The molecule has 0 aromatic carbocycles. The summed E-state index contributed by atoms with van der Waals surface area (Å²) in [4.78, 5) is 0. The number of rotatable bonds is 6. The first kappa shape index (κ1) is 40.3. The largest absolute Gasteiger partial charge is 0.152 e. The molecule has 0 aliphatic heterocycles. The van der Waals surface area contributed by atoms with E-state index in [0.717, 1.165) is 0 Å². The molecule has 0 atom stereocenters. The average Bonchev–Trinajstić information content (AvgIpc) is 3.80. The fourth-order valence-electron chi connectivity index (χ4n) is 8.16. The predicted molar refractivity (Wildman–Crippen MR) is 282 cm³/mol. The molecule has 0 N–H and O–H groups in total. The molecule has 0 unspecified atom stereocenters. The Kier molecular flexibility index (Phi) is 9.33. The summed E-state index contributed by atoms with van der Waals surface area (Å²) in [6.07, 6.45) is 0. The highest BCUT2D eigenvalue weighted by atomic mass is 32.1. The number of thiophene rings is 6. The first-order valence-corrected chi connectivity index (χ1v) is 45.5. The second-order valence-corrected chi connectivity index (χ2v) is 60.1. The Morgan fingerprint density at radius 2 is 0.630 bits per heavy atom. The van der Waals surface area contributed by atoms with Crippen LogP contribution in [-0.2, 0) is 0 Å². The third-order valence-electron chi connectivity index (χ3n) is 10.8. The van der Waals surface area contributed by atoms with E-state index in [2.05, 4.69) is 209 Å². The Morgan fingerprint density at radius 3 is 0.907 bits per heavy atom. The standard InChI is InChI=1S/C42H58S6Si6/c1-49(2,3)27-19-23-24-20-28(50(4,5)6)46-36(24)38-32-31-33(41(53(13,14)15)47-37(31)35(23)45-27)29-25(21-43-39(29)51(7,8)9)26-22-44-40(52(10,11)12)30(26)34(32)42(48-38)54(16,17)18/h19-22H,1-18H3. The topological polar surface area (TPSA) is 0 Å². The van der Waals surface area contributed by atoms with Crippen molar-refractivity contribution in [3.8, 4) is 11.1 Å². The van der Waals surface area contributed by atoms with E-state index >= 15 is 0 Å². The lowest BCUT2D eigenvalue weighted by Crippen LogP contribution is -2.39. The van der Waals surface area contributed by atoms with Crippen LogP contribution in [0.4, 0.5) is 0 Å². The van der Waals surface area contributed by atoms with Crippen LogP contribution in [-0.4, -0.2) is 48.4 Å². The molecule has 0 saturated carbocycles. The van der Waals surface area contributed by atoms with E-state index in [1.54, 1.807) is 89.2 Å². The number of fused-ring (bicyclic) bond motifs is 10. The lowest BCUT2D eigenvalue weighted by atomic mass is 9.95. The molecule has 8 rings (SSSR count). The van der Waals surface area contributed by atoms with Crippen LogP contribution in [0.5, 0.6) is 0 Å². The molecule has 0 amide bonds. The Bertz CT molecular complexity index is 2630. The molecular weight excluding hydrogens is 865 g/mol. The zero-order valence-electron chi connectivity index (χ0n) is 35.8. The predicted octanol–water partition coefficient (Wildman–Crippen LogP) is 13.9. The summed E-state index contributed by atoms with van der Waals surface area (Å²) in [5.74, 6) is 0. The van der Waals surface area contributed by atoms with Crippen molar-refractivity contribution in [3.05, 3.63) is 22.9 Å². The summed E-state index contributed by atoms with van der Waals surface area (Å²) in [5, 5.41) is 18.0. The maximum absolute atomic E-state index is 2.69. The van der Waals surface area contributed by atoms with Crippen molar-refractivity contribution in [2.75, 3.05) is 0 Å². The minimum Gasteiger partial charge on any atom is -0.152 e.